The number of carbonyl (C=O) groups excluding carboxylic acids is 1. The molecule has 0 aliphatic heterocycles. The van der Waals surface area contributed by atoms with Gasteiger partial charge in [-0.3, -0.25) is 4.79 Å². The number of amides is 1. The molecule has 2 rings (SSSR count). The number of nitrogens with one attached hydrogen (secondary N) is 1. The number of benzene rings is 1. The highest BCUT2D eigenvalue weighted by Gasteiger charge is 2.30. The largest absolute Gasteiger partial charge is 0.416 e. The number of hydrogen-bond donors (Lipinski definition) is 1. The van der Waals surface area contributed by atoms with Crippen LogP contribution in [0, 0.1) is 0 Å². The Bertz CT molecular complexity index is 626. The maximum absolute atomic E-state index is 12.4. The number of hydrogen-bond acceptors (Lipinski definition) is 2. The van der Waals surface area contributed by atoms with Gasteiger partial charge in [0.2, 0.25) is 0 Å². The molecule has 0 saturated heterocycles. The van der Waals surface area contributed by atoms with Crippen LogP contribution in [0.15, 0.2) is 47.1 Å². The SMILES string of the molecule is O=C(Nc1ncccc1Br)c1ccc(C(F)(F)F)cc1. The number of halogens is 4. The third-order valence-electron chi connectivity index (χ3n) is 2.46. The molecule has 3 nitrogen and oxygen atoms in total. The standard InChI is InChI=1S/C13H8BrF3N2O/c14-10-2-1-7-18-11(10)19-12(20)8-3-5-9(6-4-8)13(15,16)17/h1-7H,(H,18,19,20). The highest BCUT2D eigenvalue weighted by atomic mass is 79.9. The van der Waals surface area contributed by atoms with E-state index < -0.39 is 17.6 Å². The Labute approximate surface area is 121 Å². The summed E-state index contributed by atoms with van der Waals surface area (Å²) in [6.45, 7) is 0. The van der Waals surface area contributed by atoms with E-state index in [-0.39, 0.29) is 5.56 Å². The number of carbonyl (C=O) groups is 1. The molecule has 104 valence electrons. The minimum Gasteiger partial charge on any atom is -0.306 e. The molecule has 7 heteroatoms. The van der Waals surface area contributed by atoms with Gasteiger partial charge >= 0.3 is 6.18 Å². The number of aromatic nitrogens is 1. The molecule has 0 spiro atoms. The van der Waals surface area contributed by atoms with Crippen molar-refractivity contribution < 1.29 is 18.0 Å². The Morgan fingerprint density at radius 3 is 2.35 bits per heavy atom. The van der Waals surface area contributed by atoms with Gasteiger partial charge in [-0.2, -0.15) is 13.2 Å². The van der Waals surface area contributed by atoms with E-state index >= 15 is 0 Å². The molecular weight excluding hydrogens is 337 g/mol. The van der Waals surface area contributed by atoms with Crippen LogP contribution in [0.5, 0.6) is 0 Å². The van der Waals surface area contributed by atoms with Gasteiger partial charge in [0.05, 0.1) is 10.0 Å². The predicted octanol–water partition coefficient (Wildman–Crippen LogP) is 4.12. The van der Waals surface area contributed by atoms with Gasteiger partial charge in [-0.15, -0.1) is 0 Å². The monoisotopic (exact) mass is 344 g/mol. The normalized spacial score (nSPS) is 11.2. The lowest BCUT2D eigenvalue weighted by Crippen LogP contribution is -2.14. The molecule has 1 aromatic carbocycles. The molecule has 1 N–H and O–H groups in total. The highest BCUT2D eigenvalue weighted by molar-refractivity contribution is 9.10. The average Bonchev–Trinajstić information content (AvgIpc) is 2.40. The smallest absolute Gasteiger partial charge is 0.306 e. The molecule has 1 aromatic heterocycles. The van der Waals surface area contributed by atoms with Crippen molar-refractivity contribution in [1.29, 1.82) is 0 Å². The van der Waals surface area contributed by atoms with Crippen LogP contribution in [0.1, 0.15) is 15.9 Å². The Morgan fingerprint density at radius 1 is 1.15 bits per heavy atom. The van der Waals surface area contributed by atoms with E-state index in [1.54, 1.807) is 12.1 Å². The molecule has 0 atom stereocenters. The first kappa shape index (κ1) is 14.5. The minimum atomic E-state index is -4.42. The fraction of sp³-hybridized carbons (Fsp3) is 0.0769. The molecule has 0 aliphatic rings. The van der Waals surface area contributed by atoms with Crippen LogP contribution in [-0.2, 0) is 6.18 Å². The van der Waals surface area contributed by atoms with Crippen molar-refractivity contribution in [2.45, 2.75) is 6.18 Å². The summed E-state index contributed by atoms with van der Waals surface area (Å²) in [6, 6.07) is 7.34. The van der Waals surface area contributed by atoms with Crippen LogP contribution < -0.4 is 5.32 Å². The molecule has 2 aromatic rings. The Balaban J connectivity index is 2.16. The van der Waals surface area contributed by atoms with Gasteiger partial charge in [-0.1, -0.05) is 0 Å². The highest BCUT2D eigenvalue weighted by Crippen LogP contribution is 2.29. The lowest BCUT2D eigenvalue weighted by Gasteiger charge is -2.08. The topological polar surface area (TPSA) is 42.0 Å². The molecule has 0 unspecified atom stereocenters. The predicted molar refractivity (Wildman–Crippen MR) is 71.3 cm³/mol. The van der Waals surface area contributed by atoms with Crippen LogP contribution in [0.3, 0.4) is 0 Å². The fourth-order valence-electron chi connectivity index (χ4n) is 1.47. The first-order chi connectivity index (χ1) is 9.38. The van der Waals surface area contributed by atoms with Crippen LogP contribution >= 0.6 is 15.9 Å². The molecule has 0 saturated carbocycles. The number of alkyl halides is 3. The minimum absolute atomic E-state index is 0.121. The second-order valence-electron chi connectivity index (χ2n) is 3.86. The summed E-state index contributed by atoms with van der Waals surface area (Å²) in [4.78, 5) is 15.8. The molecule has 0 aliphatic carbocycles. The summed E-state index contributed by atoms with van der Waals surface area (Å²) in [7, 11) is 0. The van der Waals surface area contributed by atoms with Crippen molar-refractivity contribution >= 4 is 27.7 Å². The first-order valence-electron chi connectivity index (χ1n) is 5.47. The van der Waals surface area contributed by atoms with Gasteiger partial charge in [-0.05, 0) is 52.3 Å². The Hall–Kier alpha value is -1.89. The van der Waals surface area contributed by atoms with E-state index in [1.165, 1.54) is 6.20 Å². The molecule has 1 heterocycles. The molecule has 0 fully saturated rings. The summed E-state index contributed by atoms with van der Waals surface area (Å²) >= 11 is 3.21. The van der Waals surface area contributed by atoms with E-state index in [1.807, 2.05) is 0 Å². The van der Waals surface area contributed by atoms with Gasteiger partial charge in [0.15, 0.2) is 0 Å². The van der Waals surface area contributed by atoms with E-state index in [2.05, 4.69) is 26.2 Å². The summed E-state index contributed by atoms with van der Waals surface area (Å²) in [5.41, 5.74) is -0.677. The van der Waals surface area contributed by atoms with E-state index in [0.717, 1.165) is 24.3 Å². The Morgan fingerprint density at radius 2 is 1.80 bits per heavy atom. The summed E-state index contributed by atoms with van der Waals surface area (Å²) in [5, 5.41) is 2.51. The van der Waals surface area contributed by atoms with Crippen molar-refractivity contribution in [3.05, 3.63) is 58.2 Å². The number of pyridine rings is 1. The zero-order valence-electron chi connectivity index (χ0n) is 9.91. The lowest BCUT2D eigenvalue weighted by atomic mass is 10.1. The van der Waals surface area contributed by atoms with Gasteiger partial charge < -0.3 is 5.32 Å². The summed E-state index contributed by atoms with van der Waals surface area (Å²) in [5.74, 6) is -0.226. The zero-order valence-corrected chi connectivity index (χ0v) is 11.5. The second kappa shape index (κ2) is 5.62. The maximum atomic E-state index is 12.4. The Kier molecular flexibility index (Phi) is 4.08. The third kappa shape index (κ3) is 3.36. The van der Waals surface area contributed by atoms with Crippen LogP contribution in [0.25, 0.3) is 0 Å². The van der Waals surface area contributed by atoms with Gasteiger partial charge in [0.25, 0.3) is 5.91 Å². The summed E-state index contributed by atoms with van der Waals surface area (Å²) in [6.07, 6.45) is -2.92. The quantitative estimate of drug-likeness (QED) is 0.890. The number of nitrogens with zero attached hydrogens (tertiary/aromatic N) is 1. The fourth-order valence-corrected chi connectivity index (χ4v) is 1.82. The molecular formula is C13H8BrF3N2O. The van der Waals surface area contributed by atoms with E-state index in [9.17, 15) is 18.0 Å². The van der Waals surface area contributed by atoms with Gasteiger partial charge in [0, 0.05) is 11.8 Å². The average molecular weight is 345 g/mol. The zero-order chi connectivity index (χ0) is 14.8. The summed E-state index contributed by atoms with van der Waals surface area (Å²) < 4.78 is 37.8. The number of anilines is 1. The van der Waals surface area contributed by atoms with Crippen LogP contribution in [0.2, 0.25) is 0 Å². The van der Waals surface area contributed by atoms with Crippen LogP contribution in [-0.4, -0.2) is 10.9 Å². The second-order valence-corrected chi connectivity index (χ2v) is 4.72. The van der Waals surface area contributed by atoms with Gasteiger partial charge in [0.1, 0.15) is 5.82 Å². The lowest BCUT2D eigenvalue weighted by molar-refractivity contribution is -0.137. The van der Waals surface area contributed by atoms with E-state index in [4.69, 9.17) is 0 Å². The van der Waals surface area contributed by atoms with Crippen molar-refractivity contribution in [2.24, 2.45) is 0 Å². The first-order valence-corrected chi connectivity index (χ1v) is 6.26. The third-order valence-corrected chi connectivity index (χ3v) is 3.10. The molecule has 0 radical (unpaired) electrons. The molecule has 0 bridgehead atoms. The molecule has 20 heavy (non-hydrogen) atoms. The van der Waals surface area contributed by atoms with Crippen molar-refractivity contribution in [1.82, 2.24) is 4.98 Å². The van der Waals surface area contributed by atoms with Crippen molar-refractivity contribution in [3.8, 4) is 0 Å². The maximum Gasteiger partial charge on any atom is 0.416 e. The van der Waals surface area contributed by atoms with Crippen LogP contribution in [0.4, 0.5) is 19.0 Å². The number of rotatable bonds is 2. The van der Waals surface area contributed by atoms with Crippen molar-refractivity contribution in [3.63, 3.8) is 0 Å². The van der Waals surface area contributed by atoms with E-state index in [0.29, 0.717) is 10.3 Å². The molecule has 1 amide bonds. The van der Waals surface area contributed by atoms with Gasteiger partial charge in [-0.25, -0.2) is 4.98 Å². The van der Waals surface area contributed by atoms with Crippen molar-refractivity contribution in [2.75, 3.05) is 5.32 Å².